The van der Waals surface area contributed by atoms with Crippen LogP contribution in [0.2, 0.25) is 0 Å². The number of carbonyl (C=O) groups excluding carboxylic acids is 1. The van der Waals surface area contributed by atoms with Crippen molar-refractivity contribution in [2.45, 2.75) is 12.6 Å². The Labute approximate surface area is 170 Å². The summed E-state index contributed by atoms with van der Waals surface area (Å²) in [6.45, 7) is 3.08. The molecule has 2 aromatic heterocycles. The number of alkyl halides is 3. The van der Waals surface area contributed by atoms with Gasteiger partial charge >= 0.3 is 6.18 Å². The number of benzene rings is 1. The highest BCUT2D eigenvalue weighted by Crippen LogP contribution is 2.29. The second-order valence-electron chi connectivity index (χ2n) is 7.29. The van der Waals surface area contributed by atoms with E-state index in [1.807, 2.05) is 0 Å². The molecule has 1 aliphatic heterocycles. The molecule has 1 aromatic carbocycles. The van der Waals surface area contributed by atoms with Crippen molar-refractivity contribution >= 4 is 11.6 Å². The van der Waals surface area contributed by atoms with E-state index in [1.54, 1.807) is 23.1 Å². The maximum Gasteiger partial charge on any atom is 0.434 e. The van der Waals surface area contributed by atoms with Crippen LogP contribution in [0.15, 0.2) is 48.8 Å². The fraction of sp³-hybridized carbons (Fsp3) is 0.333. The van der Waals surface area contributed by atoms with Crippen molar-refractivity contribution in [1.29, 1.82) is 0 Å². The molecule has 1 fully saturated rings. The molecule has 0 N–H and O–H groups in total. The van der Waals surface area contributed by atoms with Crippen molar-refractivity contribution in [3.8, 4) is 0 Å². The lowest BCUT2D eigenvalue weighted by Crippen LogP contribution is -2.49. The van der Waals surface area contributed by atoms with Crippen LogP contribution >= 0.6 is 0 Å². The Balaban J connectivity index is 1.39. The summed E-state index contributed by atoms with van der Waals surface area (Å²) in [5.74, 6) is -0.584. The molecule has 1 aliphatic rings. The van der Waals surface area contributed by atoms with Crippen LogP contribution in [0.5, 0.6) is 0 Å². The molecule has 3 heterocycles. The van der Waals surface area contributed by atoms with E-state index in [-0.39, 0.29) is 22.9 Å². The zero-order chi connectivity index (χ0) is 21.3. The number of fused-ring (bicyclic) bond motifs is 1. The third kappa shape index (κ3) is 4.30. The van der Waals surface area contributed by atoms with E-state index in [4.69, 9.17) is 0 Å². The van der Waals surface area contributed by atoms with Crippen LogP contribution in [-0.4, -0.2) is 57.8 Å². The highest BCUT2D eigenvalue weighted by molar-refractivity contribution is 5.99. The topological polar surface area (TPSA) is 40.9 Å². The third-order valence-electron chi connectivity index (χ3n) is 5.29. The molecule has 0 atom stereocenters. The third-order valence-corrected chi connectivity index (χ3v) is 5.29. The molecule has 0 saturated carbocycles. The number of rotatable bonds is 4. The maximum atomic E-state index is 13.0. The number of imidazole rings is 1. The molecule has 0 radical (unpaired) electrons. The van der Waals surface area contributed by atoms with E-state index >= 15 is 0 Å². The van der Waals surface area contributed by atoms with Gasteiger partial charge < -0.3 is 9.30 Å². The van der Waals surface area contributed by atoms with Gasteiger partial charge in [0.05, 0.1) is 5.56 Å². The number of hydrogen-bond donors (Lipinski definition) is 0. The molecule has 0 spiro atoms. The Morgan fingerprint density at radius 1 is 1.03 bits per heavy atom. The molecular weight excluding hydrogens is 400 g/mol. The van der Waals surface area contributed by atoms with E-state index < -0.39 is 11.9 Å². The predicted molar refractivity (Wildman–Crippen MR) is 103 cm³/mol. The summed E-state index contributed by atoms with van der Waals surface area (Å²) < 4.78 is 53.1. The van der Waals surface area contributed by atoms with Gasteiger partial charge in [-0.1, -0.05) is 12.1 Å². The Hall–Kier alpha value is -2.94. The first-order chi connectivity index (χ1) is 14.3. The molecule has 4 rings (SSSR count). The molecule has 1 saturated heterocycles. The van der Waals surface area contributed by atoms with Crippen LogP contribution in [0, 0.1) is 5.82 Å². The summed E-state index contributed by atoms with van der Waals surface area (Å²) in [6.07, 6.45) is -1.45. The lowest BCUT2D eigenvalue weighted by molar-refractivity contribution is -0.140. The Kier molecular flexibility index (Phi) is 5.46. The summed E-state index contributed by atoms with van der Waals surface area (Å²) in [7, 11) is 0. The van der Waals surface area contributed by atoms with Crippen molar-refractivity contribution in [1.82, 2.24) is 19.2 Å². The minimum absolute atomic E-state index is 0.00793. The average molecular weight is 420 g/mol. The first-order valence-corrected chi connectivity index (χ1v) is 9.62. The van der Waals surface area contributed by atoms with Crippen LogP contribution in [0.3, 0.4) is 0 Å². The fourth-order valence-corrected chi connectivity index (χ4v) is 3.60. The highest BCUT2D eigenvalue weighted by Gasteiger charge is 2.35. The van der Waals surface area contributed by atoms with Crippen LogP contribution in [0.1, 0.15) is 21.6 Å². The number of amides is 1. The second-order valence-corrected chi connectivity index (χ2v) is 7.29. The van der Waals surface area contributed by atoms with Crippen LogP contribution in [0.4, 0.5) is 17.6 Å². The molecule has 1 amide bonds. The zero-order valence-electron chi connectivity index (χ0n) is 16.1. The Morgan fingerprint density at radius 3 is 2.40 bits per heavy atom. The molecule has 3 aromatic rings. The molecule has 0 aliphatic carbocycles. The van der Waals surface area contributed by atoms with Gasteiger partial charge in [-0.3, -0.25) is 9.69 Å². The van der Waals surface area contributed by atoms with Gasteiger partial charge in [0.15, 0.2) is 5.69 Å². The number of nitrogens with zero attached hydrogens (tertiary/aromatic N) is 4. The van der Waals surface area contributed by atoms with Crippen LogP contribution in [0.25, 0.3) is 5.65 Å². The lowest BCUT2D eigenvalue weighted by atomic mass is 10.1. The number of piperazine rings is 1. The predicted octanol–water partition coefficient (Wildman–Crippen LogP) is 3.49. The molecule has 0 bridgehead atoms. The van der Waals surface area contributed by atoms with Gasteiger partial charge in [-0.15, -0.1) is 0 Å². The van der Waals surface area contributed by atoms with Crippen LogP contribution < -0.4 is 0 Å². The fourth-order valence-electron chi connectivity index (χ4n) is 3.60. The summed E-state index contributed by atoms with van der Waals surface area (Å²) in [5.41, 5.74) is 0.191. The van der Waals surface area contributed by atoms with Crippen molar-refractivity contribution < 1.29 is 22.4 Å². The number of aromatic nitrogens is 2. The van der Waals surface area contributed by atoms with E-state index in [1.165, 1.54) is 28.8 Å². The monoisotopic (exact) mass is 420 g/mol. The minimum atomic E-state index is -4.57. The summed E-state index contributed by atoms with van der Waals surface area (Å²) in [6, 6.07) is 9.44. The minimum Gasteiger partial charge on any atom is -0.336 e. The normalized spacial score (nSPS) is 15.7. The van der Waals surface area contributed by atoms with Gasteiger partial charge in [-0.2, -0.15) is 13.2 Å². The zero-order valence-corrected chi connectivity index (χ0v) is 16.1. The molecule has 0 unspecified atom stereocenters. The molecule has 9 heteroatoms. The van der Waals surface area contributed by atoms with Crippen LogP contribution in [-0.2, 0) is 12.6 Å². The Bertz CT molecular complexity index is 1040. The van der Waals surface area contributed by atoms with Gasteiger partial charge in [0.1, 0.15) is 11.5 Å². The van der Waals surface area contributed by atoms with Gasteiger partial charge in [-0.25, -0.2) is 9.37 Å². The van der Waals surface area contributed by atoms with E-state index in [0.29, 0.717) is 26.2 Å². The second kappa shape index (κ2) is 8.06. The average Bonchev–Trinajstić information content (AvgIpc) is 3.18. The molecule has 30 heavy (non-hydrogen) atoms. The van der Waals surface area contributed by atoms with E-state index in [9.17, 15) is 22.4 Å². The summed E-state index contributed by atoms with van der Waals surface area (Å²) >= 11 is 0. The standard InChI is InChI=1S/C21H20F4N4O/c22-16-5-3-15(4-6-16)7-9-27-10-12-28(13-11-27)20(30)17-2-1-8-29-14-18(21(23,24)25)26-19(17)29/h1-6,8,14H,7,9-13H2. The van der Waals surface area contributed by atoms with Crippen molar-refractivity contribution in [3.05, 3.63) is 71.4 Å². The van der Waals surface area contributed by atoms with Crippen molar-refractivity contribution in [3.63, 3.8) is 0 Å². The van der Waals surface area contributed by atoms with Crippen molar-refractivity contribution in [2.75, 3.05) is 32.7 Å². The maximum absolute atomic E-state index is 13.0. The van der Waals surface area contributed by atoms with Gasteiger partial charge in [-0.05, 0) is 36.2 Å². The summed E-state index contributed by atoms with van der Waals surface area (Å²) in [5, 5.41) is 0. The number of halogens is 4. The molecule has 5 nitrogen and oxygen atoms in total. The number of hydrogen-bond acceptors (Lipinski definition) is 3. The number of pyridine rings is 1. The van der Waals surface area contributed by atoms with Crippen molar-refractivity contribution in [2.24, 2.45) is 0 Å². The SMILES string of the molecule is O=C(c1cccn2cc(C(F)(F)F)nc12)N1CCN(CCc2ccc(F)cc2)CC1. The molecule has 158 valence electrons. The van der Waals surface area contributed by atoms with Gasteiger partial charge in [0, 0.05) is 45.1 Å². The summed E-state index contributed by atoms with van der Waals surface area (Å²) in [4.78, 5) is 20.4. The first-order valence-electron chi connectivity index (χ1n) is 9.62. The van der Waals surface area contributed by atoms with Gasteiger partial charge in [0.25, 0.3) is 5.91 Å². The first kappa shape index (κ1) is 20.3. The highest BCUT2D eigenvalue weighted by atomic mass is 19.4. The smallest absolute Gasteiger partial charge is 0.336 e. The lowest BCUT2D eigenvalue weighted by Gasteiger charge is -2.34. The van der Waals surface area contributed by atoms with E-state index in [2.05, 4.69) is 9.88 Å². The van der Waals surface area contributed by atoms with E-state index in [0.717, 1.165) is 24.7 Å². The molecular formula is C21H20F4N4O. The quantitative estimate of drug-likeness (QED) is 0.607. The largest absolute Gasteiger partial charge is 0.434 e. The van der Waals surface area contributed by atoms with Gasteiger partial charge in [0.2, 0.25) is 0 Å². The Morgan fingerprint density at radius 2 is 1.73 bits per heavy atom. The number of carbonyl (C=O) groups is 1.